The number of unbranched alkanes of at least 4 members (excludes halogenated alkanes) is 5. The number of nitrogens with one attached hydrogen (secondary N) is 2. The predicted octanol–water partition coefficient (Wildman–Crippen LogP) is 6.41. The van der Waals surface area contributed by atoms with E-state index in [4.69, 9.17) is 4.18 Å². The van der Waals surface area contributed by atoms with E-state index in [1.54, 1.807) is 22.8 Å². The number of hydrogen-bond donors (Lipinski definition) is 2. The molecule has 0 bridgehead atoms. The van der Waals surface area contributed by atoms with Crippen molar-refractivity contribution < 1.29 is 21.0 Å². The molecule has 1 unspecified atom stereocenters. The third-order valence-corrected chi connectivity index (χ3v) is 13.6. The molecule has 5 rings (SSSR count). The molecule has 3 aromatic heterocycles. The Bertz CT molecular complexity index is 2010. The summed E-state index contributed by atoms with van der Waals surface area (Å²) in [7, 11) is -4.55. The average molecular weight is 744 g/mol. The van der Waals surface area contributed by atoms with Crippen LogP contribution < -0.4 is 16.2 Å². The number of sulfone groups is 1. The highest BCUT2D eigenvalue weighted by Crippen LogP contribution is 2.36. The van der Waals surface area contributed by atoms with E-state index in [1.807, 2.05) is 13.1 Å². The number of fused-ring (bicyclic) bond motifs is 1. The van der Waals surface area contributed by atoms with Crippen molar-refractivity contribution in [2.45, 2.75) is 90.3 Å². The van der Waals surface area contributed by atoms with E-state index >= 15 is 0 Å². The predicted molar refractivity (Wildman–Crippen MR) is 202 cm³/mol. The molecule has 14 heteroatoms. The fourth-order valence-corrected chi connectivity index (χ4v) is 9.58. The van der Waals surface area contributed by atoms with Gasteiger partial charge in [-0.1, -0.05) is 49.9 Å². The number of benzene rings is 1. The van der Waals surface area contributed by atoms with Crippen LogP contribution in [0, 0.1) is 0 Å². The average Bonchev–Trinajstić information content (AvgIpc) is 3.59. The monoisotopic (exact) mass is 743 g/mol. The molecule has 1 saturated heterocycles. The second-order valence-electron chi connectivity index (χ2n) is 13.0. The first-order valence-corrected chi connectivity index (χ1v) is 21.8. The van der Waals surface area contributed by atoms with Gasteiger partial charge in [-0.2, -0.15) is 8.42 Å². The molecule has 2 N–H and O–H groups in total. The Balaban J connectivity index is 1.34. The zero-order valence-corrected chi connectivity index (χ0v) is 31.6. The van der Waals surface area contributed by atoms with Crippen molar-refractivity contribution in [2.24, 2.45) is 0 Å². The van der Waals surface area contributed by atoms with Crippen molar-refractivity contribution in [3.8, 4) is 10.4 Å². The molecule has 1 aliphatic heterocycles. The van der Waals surface area contributed by atoms with Crippen LogP contribution in [0.3, 0.4) is 0 Å². The molecule has 0 saturated carbocycles. The topological polar surface area (TPSA) is 149 Å². The van der Waals surface area contributed by atoms with Gasteiger partial charge in [0, 0.05) is 28.4 Å². The lowest BCUT2D eigenvalue weighted by molar-refractivity contribution is 0.307. The summed E-state index contributed by atoms with van der Waals surface area (Å²) in [4.78, 5) is 25.6. The molecule has 4 heterocycles. The lowest BCUT2D eigenvalue weighted by Crippen LogP contribution is -2.30. The summed E-state index contributed by atoms with van der Waals surface area (Å²) in [5, 5.41) is 7.60. The van der Waals surface area contributed by atoms with Gasteiger partial charge in [0.2, 0.25) is 0 Å². The number of aryl methyl sites for hydroxylation is 1. The van der Waals surface area contributed by atoms with Gasteiger partial charge in [-0.15, -0.1) is 11.3 Å². The van der Waals surface area contributed by atoms with Crippen molar-refractivity contribution in [3.63, 3.8) is 0 Å². The van der Waals surface area contributed by atoms with Crippen LogP contribution in [-0.2, 0) is 37.2 Å². The van der Waals surface area contributed by atoms with Gasteiger partial charge < -0.3 is 10.6 Å². The maximum atomic E-state index is 14.0. The Hall–Kier alpha value is -3.17. The molecule has 1 atom stereocenters. The number of thiophene rings is 1. The van der Waals surface area contributed by atoms with E-state index < -0.39 is 20.0 Å². The Kier molecular flexibility index (Phi) is 13.2. The maximum Gasteiger partial charge on any atom is 0.267 e. The molecule has 0 radical (unpaired) electrons. The van der Waals surface area contributed by atoms with Crippen LogP contribution in [0.2, 0.25) is 0 Å². The van der Waals surface area contributed by atoms with Gasteiger partial charge in [0.15, 0.2) is 0 Å². The smallest absolute Gasteiger partial charge is 0.267 e. The van der Waals surface area contributed by atoms with Gasteiger partial charge in [0.1, 0.15) is 27.6 Å². The highest BCUT2D eigenvalue weighted by molar-refractivity contribution is 7.91. The van der Waals surface area contributed by atoms with Crippen LogP contribution in [0.1, 0.15) is 93.2 Å². The Morgan fingerprint density at radius 2 is 1.74 bits per heavy atom. The number of pyridine rings is 1. The maximum absolute atomic E-state index is 14.0. The summed E-state index contributed by atoms with van der Waals surface area (Å²) >= 11 is 1.73. The lowest BCUT2D eigenvalue weighted by atomic mass is 9.93. The van der Waals surface area contributed by atoms with E-state index in [1.165, 1.54) is 22.3 Å². The third kappa shape index (κ3) is 9.78. The van der Waals surface area contributed by atoms with E-state index in [0.29, 0.717) is 42.8 Å². The van der Waals surface area contributed by atoms with Crippen molar-refractivity contribution in [1.82, 2.24) is 19.9 Å². The van der Waals surface area contributed by atoms with Gasteiger partial charge in [0.25, 0.3) is 15.7 Å². The number of aromatic nitrogens is 3. The van der Waals surface area contributed by atoms with Gasteiger partial charge in [0.05, 0.1) is 35.3 Å². The highest BCUT2D eigenvalue weighted by Gasteiger charge is 2.28. The first-order chi connectivity index (χ1) is 24.0. The summed E-state index contributed by atoms with van der Waals surface area (Å²) in [6.45, 7) is 5.14. The molecule has 4 aromatic rings. The first-order valence-electron chi connectivity index (χ1n) is 17.6. The first kappa shape index (κ1) is 38.1. The second-order valence-corrected chi connectivity index (χ2v) is 18.3. The molecule has 1 aliphatic rings. The standard InChI is InChI=1S/C36H49N5O6S3/c1-4-50(45,46)47-20-12-8-6-5-7-11-19-41-35-31(23-30(36(41)42)27-17-21-49(43,44)22-18-27)34(38-25-39-35)40-26(2)32-15-16-33(48-32)29-14-10-9-13-28(29)24-37-3/h9-10,13-16,23,25-27,37H,4-8,11-12,17-22,24H2,1-3H3,(H,38,39,40). The van der Waals surface area contributed by atoms with Crippen LogP contribution in [-0.4, -0.2) is 62.3 Å². The van der Waals surface area contributed by atoms with Crippen LogP contribution in [0.4, 0.5) is 5.82 Å². The quantitative estimate of drug-likeness (QED) is 0.0865. The Morgan fingerprint density at radius 3 is 2.48 bits per heavy atom. The molecule has 0 aliphatic carbocycles. The Morgan fingerprint density at radius 1 is 1.02 bits per heavy atom. The number of nitrogens with zero attached hydrogens (tertiary/aromatic N) is 3. The Labute approximate surface area is 299 Å². The van der Waals surface area contributed by atoms with Crippen molar-refractivity contribution in [3.05, 3.63) is 75.1 Å². The number of rotatable bonds is 18. The minimum absolute atomic E-state index is 0.0219. The summed E-state index contributed by atoms with van der Waals surface area (Å²) < 4.78 is 54.2. The molecular weight excluding hydrogens is 695 g/mol. The van der Waals surface area contributed by atoms with E-state index in [0.717, 1.165) is 48.9 Å². The normalized spacial score (nSPS) is 15.7. The minimum atomic E-state index is -3.41. The van der Waals surface area contributed by atoms with Crippen molar-refractivity contribution >= 4 is 48.1 Å². The SMILES string of the molecule is CCS(=O)(=O)OCCCCCCCCn1c(=O)c(C2CCS(=O)(=O)CC2)cc2c(NC(C)c3ccc(-c4ccccc4CNC)s3)ncnc21. The van der Waals surface area contributed by atoms with Crippen LogP contribution in [0.25, 0.3) is 21.5 Å². The number of hydrogen-bond acceptors (Lipinski definition) is 11. The summed E-state index contributed by atoms with van der Waals surface area (Å²) in [5.74, 6) is 0.625. The van der Waals surface area contributed by atoms with E-state index in [-0.39, 0.29) is 41.4 Å². The zero-order valence-electron chi connectivity index (χ0n) is 29.2. The largest absolute Gasteiger partial charge is 0.362 e. The fraction of sp³-hybridized carbons (Fsp3) is 0.528. The van der Waals surface area contributed by atoms with Crippen LogP contribution >= 0.6 is 11.3 Å². The van der Waals surface area contributed by atoms with E-state index in [2.05, 4.69) is 63.9 Å². The summed E-state index contributed by atoms with van der Waals surface area (Å²) in [6, 6.07) is 14.5. The van der Waals surface area contributed by atoms with Crippen molar-refractivity contribution in [2.75, 3.05) is 36.2 Å². The number of anilines is 1. The third-order valence-electron chi connectivity index (χ3n) is 9.35. The zero-order chi connectivity index (χ0) is 35.7. The molecule has 50 heavy (non-hydrogen) atoms. The molecule has 0 amide bonds. The van der Waals surface area contributed by atoms with Gasteiger partial charge in [-0.3, -0.25) is 13.5 Å². The van der Waals surface area contributed by atoms with Crippen molar-refractivity contribution in [1.29, 1.82) is 0 Å². The molecular formula is C36H49N5O6S3. The molecule has 272 valence electrons. The second kappa shape index (κ2) is 17.4. The molecule has 0 spiro atoms. The lowest BCUT2D eigenvalue weighted by Gasteiger charge is -2.24. The minimum Gasteiger partial charge on any atom is -0.362 e. The molecule has 1 aromatic carbocycles. The van der Waals surface area contributed by atoms with Gasteiger partial charge in [-0.25, -0.2) is 18.4 Å². The fourth-order valence-electron chi connectivity index (χ4n) is 6.48. The summed E-state index contributed by atoms with van der Waals surface area (Å²) in [6.07, 6.45) is 7.47. The molecule has 11 nitrogen and oxygen atoms in total. The van der Waals surface area contributed by atoms with Crippen LogP contribution in [0.15, 0.2) is 53.6 Å². The van der Waals surface area contributed by atoms with E-state index in [9.17, 15) is 21.6 Å². The highest BCUT2D eigenvalue weighted by atomic mass is 32.2. The molecule has 1 fully saturated rings. The van der Waals surface area contributed by atoms with Gasteiger partial charge in [-0.05, 0) is 81.8 Å². The van der Waals surface area contributed by atoms with Crippen LogP contribution in [0.5, 0.6) is 0 Å². The van der Waals surface area contributed by atoms with Gasteiger partial charge >= 0.3 is 0 Å². The summed E-state index contributed by atoms with van der Waals surface area (Å²) in [5.41, 5.74) is 3.52.